The third-order valence-corrected chi connectivity index (χ3v) is 12.8. The van der Waals surface area contributed by atoms with Crippen LogP contribution in [0, 0.1) is 0 Å². The van der Waals surface area contributed by atoms with E-state index in [0.29, 0.717) is 19.3 Å². The van der Waals surface area contributed by atoms with Gasteiger partial charge in [0.1, 0.15) is 13.2 Å². The highest BCUT2D eigenvalue weighted by Crippen LogP contribution is 2.17. The summed E-state index contributed by atoms with van der Waals surface area (Å²) in [7, 11) is 0. The smallest absolute Gasteiger partial charge is 0.306 e. The number of esters is 3. The van der Waals surface area contributed by atoms with E-state index < -0.39 is 6.10 Å². The molecule has 0 N–H and O–H groups in total. The molecule has 372 valence electrons. The Morgan fingerprint density at radius 2 is 0.524 bits per heavy atom. The van der Waals surface area contributed by atoms with Crippen LogP contribution in [0.1, 0.15) is 316 Å². The van der Waals surface area contributed by atoms with Gasteiger partial charge in [0.15, 0.2) is 6.10 Å². The summed E-state index contributed by atoms with van der Waals surface area (Å²) >= 11 is 0. The summed E-state index contributed by atoms with van der Waals surface area (Å²) in [6.45, 7) is 6.62. The first-order chi connectivity index (χ1) is 31.0. The fraction of sp³-hybridized carbons (Fsp3) is 0.912. The average Bonchev–Trinajstić information content (AvgIpc) is 3.28. The van der Waals surface area contributed by atoms with E-state index >= 15 is 0 Å². The van der Waals surface area contributed by atoms with Crippen molar-refractivity contribution in [2.75, 3.05) is 13.2 Å². The molecule has 0 aromatic rings. The molecule has 0 aliphatic rings. The molecule has 0 saturated heterocycles. The van der Waals surface area contributed by atoms with Crippen LogP contribution < -0.4 is 0 Å². The molecule has 0 bridgehead atoms. The zero-order chi connectivity index (χ0) is 45.8. The van der Waals surface area contributed by atoms with Crippen LogP contribution in [-0.4, -0.2) is 37.2 Å². The van der Waals surface area contributed by atoms with Crippen molar-refractivity contribution in [2.24, 2.45) is 0 Å². The molecule has 0 spiro atoms. The quantitative estimate of drug-likeness (QED) is 0.0262. The maximum absolute atomic E-state index is 12.8. The topological polar surface area (TPSA) is 78.9 Å². The van der Waals surface area contributed by atoms with Crippen molar-refractivity contribution < 1.29 is 28.6 Å². The minimum Gasteiger partial charge on any atom is -0.462 e. The number of unbranched alkanes of at least 4 members (excludes halogenated alkanes) is 39. The lowest BCUT2D eigenvalue weighted by atomic mass is 10.0. The minimum absolute atomic E-state index is 0.0670. The van der Waals surface area contributed by atoms with Crippen LogP contribution in [-0.2, 0) is 28.6 Å². The Kier molecular flexibility index (Phi) is 51.2. The molecule has 0 radical (unpaired) electrons. The maximum Gasteiger partial charge on any atom is 0.306 e. The second-order valence-electron chi connectivity index (χ2n) is 19.2. The first-order valence-corrected chi connectivity index (χ1v) is 28.2. The van der Waals surface area contributed by atoms with E-state index in [9.17, 15) is 14.4 Å². The molecule has 0 saturated carbocycles. The van der Waals surface area contributed by atoms with E-state index in [-0.39, 0.29) is 31.1 Å². The summed E-state index contributed by atoms with van der Waals surface area (Å²) in [4.78, 5) is 37.8. The number of hydrogen-bond donors (Lipinski definition) is 0. The van der Waals surface area contributed by atoms with Gasteiger partial charge in [-0.25, -0.2) is 0 Å². The lowest BCUT2D eigenvalue weighted by Crippen LogP contribution is -2.30. The predicted molar refractivity (Wildman–Crippen MR) is 270 cm³/mol. The van der Waals surface area contributed by atoms with Gasteiger partial charge in [0.25, 0.3) is 0 Å². The van der Waals surface area contributed by atoms with E-state index in [1.54, 1.807) is 0 Å². The lowest BCUT2D eigenvalue weighted by molar-refractivity contribution is -0.167. The molecule has 1 atom stereocenters. The van der Waals surface area contributed by atoms with Crippen molar-refractivity contribution in [3.05, 3.63) is 12.2 Å². The zero-order valence-electron chi connectivity index (χ0n) is 42.6. The largest absolute Gasteiger partial charge is 0.462 e. The van der Waals surface area contributed by atoms with Gasteiger partial charge in [-0.15, -0.1) is 0 Å². The molecule has 6 heteroatoms. The second kappa shape index (κ2) is 52.8. The van der Waals surface area contributed by atoms with Crippen molar-refractivity contribution in [2.45, 2.75) is 322 Å². The van der Waals surface area contributed by atoms with Crippen molar-refractivity contribution in [3.8, 4) is 0 Å². The van der Waals surface area contributed by atoms with Gasteiger partial charge in [-0.3, -0.25) is 14.4 Å². The van der Waals surface area contributed by atoms with E-state index in [1.165, 1.54) is 218 Å². The van der Waals surface area contributed by atoms with Gasteiger partial charge < -0.3 is 14.2 Å². The summed E-state index contributed by atoms with van der Waals surface area (Å²) in [6.07, 6.45) is 59.5. The number of ether oxygens (including phenoxy) is 3. The molecule has 0 aliphatic heterocycles. The summed E-state index contributed by atoms with van der Waals surface area (Å²) < 4.78 is 16.8. The molecule has 0 fully saturated rings. The van der Waals surface area contributed by atoms with Gasteiger partial charge in [-0.1, -0.05) is 264 Å². The molecular weight excluding hydrogens is 781 g/mol. The summed E-state index contributed by atoms with van der Waals surface area (Å²) in [6, 6.07) is 0. The van der Waals surface area contributed by atoms with E-state index in [0.717, 1.165) is 57.8 Å². The molecule has 1 unspecified atom stereocenters. The van der Waals surface area contributed by atoms with Gasteiger partial charge in [0.2, 0.25) is 0 Å². The van der Waals surface area contributed by atoms with Crippen molar-refractivity contribution >= 4 is 17.9 Å². The number of allylic oxidation sites excluding steroid dienone is 2. The monoisotopic (exact) mass is 889 g/mol. The van der Waals surface area contributed by atoms with Crippen LogP contribution in [0.3, 0.4) is 0 Å². The maximum atomic E-state index is 12.8. The summed E-state index contributed by atoms with van der Waals surface area (Å²) in [5, 5.41) is 0. The Balaban J connectivity index is 4.11. The normalized spacial score (nSPS) is 12.0. The van der Waals surface area contributed by atoms with E-state index in [1.807, 2.05) is 0 Å². The van der Waals surface area contributed by atoms with Crippen LogP contribution >= 0.6 is 0 Å². The zero-order valence-corrected chi connectivity index (χ0v) is 42.6. The summed E-state index contributed by atoms with van der Waals surface area (Å²) in [5.41, 5.74) is 0. The molecule has 0 heterocycles. The minimum atomic E-state index is -0.765. The van der Waals surface area contributed by atoms with Crippen LogP contribution in [0.5, 0.6) is 0 Å². The molecule has 0 aliphatic carbocycles. The first kappa shape index (κ1) is 61.1. The van der Waals surface area contributed by atoms with Gasteiger partial charge in [-0.2, -0.15) is 0 Å². The molecule has 6 nitrogen and oxygen atoms in total. The van der Waals surface area contributed by atoms with Crippen LogP contribution in [0.2, 0.25) is 0 Å². The molecule has 0 rings (SSSR count). The third kappa shape index (κ3) is 51.0. The SMILES string of the molecule is CCCCCCCCC/C=C\CCCCCCCCCC(=O)OC(COC(=O)CCCCCCCC)COC(=O)CCCCCCCCCCCCCCCCCCCCCCC. The summed E-state index contributed by atoms with van der Waals surface area (Å²) in [5.74, 6) is -0.862. The molecule has 63 heavy (non-hydrogen) atoms. The van der Waals surface area contributed by atoms with E-state index in [4.69, 9.17) is 14.2 Å². The van der Waals surface area contributed by atoms with E-state index in [2.05, 4.69) is 32.9 Å². The Morgan fingerprint density at radius 3 is 0.794 bits per heavy atom. The van der Waals surface area contributed by atoms with Crippen LogP contribution in [0.15, 0.2) is 12.2 Å². The van der Waals surface area contributed by atoms with Crippen molar-refractivity contribution in [1.82, 2.24) is 0 Å². The number of rotatable bonds is 52. The lowest BCUT2D eigenvalue weighted by Gasteiger charge is -2.18. The van der Waals surface area contributed by atoms with Gasteiger partial charge in [-0.05, 0) is 44.9 Å². The Bertz CT molecular complexity index is 978. The Labute approximate surface area is 392 Å². The molecule has 0 aromatic heterocycles. The van der Waals surface area contributed by atoms with Crippen LogP contribution in [0.4, 0.5) is 0 Å². The van der Waals surface area contributed by atoms with Crippen molar-refractivity contribution in [3.63, 3.8) is 0 Å². The Hall–Kier alpha value is -1.85. The molecular formula is C57H108O6. The fourth-order valence-corrected chi connectivity index (χ4v) is 8.50. The fourth-order valence-electron chi connectivity index (χ4n) is 8.50. The Morgan fingerprint density at radius 1 is 0.302 bits per heavy atom. The van der Waals surface area contributed by atoms with Crippen LogP contribution in [0.25, 0.3) is 0 Å². The van der Waals surface area contributed by atoms with Crippen molar-refractivity contribution in [1.29, 1.82) is 0 Å². The predicted octanol–water partition coefficient (Wildman–Crippen LogP) is 18.5. The highest BCUT2D eigenvalue weighted by molar-refractivity contribution is 5.71. The number of carbonyl (C=O) groups excluding carboxylic acids is 3. The van der Waals surface area contributed by atoms with Gasteiger partial charge >= 0.3 is 17.9 Å². The molecule has 0 amide bonds. The number of hydrogen-bond acceptors (Lipinski definition) is 6. The highest BCUT2D eigenvalue weighted by atomic mass is 16.6. The molecule has 0 aromatic carbocycles. The first-order valence-electron chi connectivity index (χ1n) is 28.2. The van der Waals surface area contributed by atoms with Gasteiger partial charge in [0, 0.05) is 19.3 Å². The highest BCUT2D eigenvalue weighted by Gasteiger charge is 2.19. The van der Waals surface area contributed by atoms with Gasteiger partial charge in [0.05, 0.1) is 0 Å². The second-order valence-corrected chi connectivity index (χ2v) is 19.2. The standard InChI is InChI=1S/C57H108O6/c1-4-7-10-13-16-18-20-22-24-26-28-29-30-32-33-35-37-39-41-44-47-50-56(59)62-53-54(52-61-55(58)49-46-43-15-12-9-6-3)63-57(60)51-48-45-42-40-38-36-34-31-27-25-23-21-19-17-14-11-8-5-2/h25,27,54H,4-24,26,28-53H2,1-3H3/b27-25-. The average molecular weight is 889 g/mol. The third-order valence-electron chi connectivity index (χ3n) is 12.8. The number of carbonyl (C=O) groups is 3.